The first-order valence-corrected chi connectivity index (χ1v) is 16.7. The summed E-state index contributed by atoms with van der Waals surface area (Å²) in [6, 6.07) is 52.1. The van der Waals surface area contributed by atoms with Crippen molar-refractivity contribution in [2.75, 3.05) is 4.90 Å². The highest BCUT2D eigenvalue weighted by Crippen LogP contribution is 2.55. The number of fused-ring (bicyclic) bond motifs is 9. The van der Waals surface area contributed by atoms with Gasteiger partial charge < -0.3 is 13.9 Å². The monoisotopic (exact) mass is 634 g/mol. The molecule has 0 saturated heterocycles. The minimum absolute atomic E-state index is 0.226. The van der Waals surface area contributed by atoms with E-state index in [2.05, 4.69) is 139 Å². The molecule has 2 heterocycles. The Morgan fingerprint density at radius 1 is 0.571 bits per heavy atom. The molecule has 4 heteroatoms. The van der Waals surface area contributed by atoms with Gasteiger partial charge in [-0.25, -0.2) is 4.39 Å². The quantitative estimate of drug-likeness (QED) is 0.192. The van der Waals surface area contributed by atoms with Crippen molar-refractivity contribution in [3.63, 3.8) is 0 Å². The number of furan rings is 1. The summed E-state index contributed by atoms with van der Waals surface area (Å²) in [6.45, 7) is 4.68. The van der Waals surface area contributed by atoms with Gasteiger partial charge in [-0.3, -0.25) is 0 Å². The summed E-state index contributed by atoms with van der Waals surface area (Å²) in [5.74, 6) is -0.246. The van der Waals surface area contributed by atoms with Crippen LogP contribution in [0.4, 0.5) is 21.5 Å². The van der Waals surface area contributed by atoms with Gasteiger partial charge in [0.25, 0.3) is 0 Å². The predicted octanol–water partition coefficient (Wildman–Crippen LogP) is 12.6. The predicted molar refractivity (Wildman–Crippen MR) is 200 cm³/mol. The second kappa shape index (κ2) is 10.2. The highest BCUT2D eigenvalue weighted by molar-refractivity contribution is 6.15. The Morgan fingerprint density at radius 3 is 2.12 bits per heavy atom. The summed E-state index contributed by atoms with van der Waals surface area (Å²) in [5, 5.41) is 4.43. The van der Waals surface area contributed by atoms with E-state index < -0.39 is 0 Å². The molecule has 0 bridgehead atoms. The van der Waals surface area contributed by atoms with Gasteiger partial charge in [0.2, 0.25) is 0 Å². The van der Waals surface area contributed by atoms with E-state index in [1.165, 1.54) is 34.4 Å². The Labute approximate surface area is 283 Å². The van der Waals surface area contributed by atoms with E-state index in [1.807, 2.05) is 24.3 Å². The van der Waals surface area contributed by atoms with Crippen LogP contribution in [0.3, 0.4) is 0 Å². The van der Waals surface area contributed by atoms with E-state index in [9.17, 15) is 4.39 Å². The third-order valence-electron chi connectivity index (χ3n) is 10.4. The molecule has 7 aromatic carbocycles. The first-order chi connectivity index (χ1) is 24.0. The SMILES string of the molecule is CC1(C)c2ccccc2-c2cccc(N(c3ccc4c(c3)c3ccccc3n4-c3ccc(F)cc3)c3cccc4oc5ccccc5c34)c21. The van der Waals surface area contributed by atoms with Gasteiger partial charge in [0.05, 0.1) is 27.8 Å². The highest BCUT2D eigenvalue weighted by atomic mass is 19.1. The zero-order chi connectivity index (χ0) is 32.9. The number of rotatable bonds is 4. The molecule has 0 spiro atoms. The number of hydrogen-bond donors (Lipinski definition) is 0. The van der Waals surface area contributed by atoms with Crippen LogP contribution >= 0.6 is 0 Å². The zero-order valence-corrected chi connectivity index (χ0v) is 27.1. The van der Waals surface area contributed by atoms with Crippen LogP contribution in [0.2, 0.25) is 0 Å². The molecule has 0 N–H and O–H groups in total. The molecule has 3 nitrogen and oxygen atoms in total. The molecule has 0 unspecified atom stereocenters. The average Bonchev–Trinajstić information content (AvgIpc) is 3.75. The number of hydrogen-bond acceptors (Lipinski definition) is 2. The van der Waals surface area contributed by atoms with Crippen LogP contribution in [0.15, 0.2) is 156 Å². The molecule has 0 atom stereocenters. The topological polar surface area (TPSA) is 21.3 Å². The number of para-hydroxylation sites is 2. The van der Waals surface area contributed by atoms with Crippen LogP contribution < -0.4 is 4.90 Å². The van der Waals surface area contributed by atoms with Crippen molar-refractivity contribution >= 4 is 60.8 Å². The van der Waals surface area contributed by atoms with Crippen LogP contribution in [0, 0.1) is 5.82 Å². The molecule has 0 amide bonds. The molecule has 0 aliphatic heterocycles. The van der Waals surface area contributed by atoms with Gasteiger partial charge in [0.15, 0.2) is 0 Å². The Bertz CT molecular complexity index is 2770. The molecule has 1 aliphatic carbocycles. The van der Waals surface area contributed by atoms with E-state index >= 15 is 0 Å². The smallest absolute Gasteiger partial charge is 0.137 e. The lowest BCUT2D eigenvalue weighted by Gasteiger charge is -2.32. The van der Waals surface area contributed by atoms with E-state index in [0.717, 1.165) is 66.5 Å². The Morgan fingerprint density at radius 2 is 1.24 bits per heavy atom. The van der Waals surface area contributed by atoms with E-state index in [4.69, 9.17) is 4.42 Å². The lowest BCUT2D eigenvalue weighted by molar-refractivity contribution is 0.627. The lowest BCUT2D eigenvalue weighted by atomic mass is 9.81. The molecule has 2 aromatic heterocycles. The molecule has 0 radical (unpaired) electrons. The summed E-state index contributed by atoms with van der Waals surface area (Å²) in [5.41, 5.74) is 13.0. The summed E-state index contributed by atoms with van der Waals surface area (Å²) >= 11 is 0. The van der Waals surface area contributed by atoms with Crippen LogP contribution in [-0.2, 0) is 5.41 Å². The fraction of sp³-hybridized carbons (Fsp3) is 0.0667. The van der Waals surface area contributed by atoms with Crippen molar-refractivity contribution in [3.05, 3.63) is 169 Å². The fourth-order valence-electron chi connectivity index (χ4n) is 8.32. The van der Waals surface area contributed by atoms with E-state index in [0.29, 0.717) is 0 Å². The summed E-state index contributed by atoms with van der Waals surface area (Å²) in [6.07, 6.45) is 0. The molecular weight excluding hydrogens is 604 g/mol. The number of anilines is 3. The van der Waals surface area contributed by atoms with E-state index in [-0.39, 0.29) is 11.2 Å². The van der Waals surface area contributed by atoms with Crippen molar-refractivity contribution in [3.8, 4) is 16.8 Å². The Balaban J connectivity index is 1.30. The molecule has 0 fully saturated rings. The van der Waals surface area contributed by atoms with Crippen molar-refractivity contribution in [1.29, 1.82) is 0 Å². The number of aromatic nitrogens is 1. The van der Waals surface area contributed by atoms with Gasteiger partial charge in [-0.1, -0.05) is 92.7 Å². The maximum Gasteiger partial charge on any atom is 0.137 e. The molecule has 49 heavy (non-hydrogen) atoms. The second-order valence-corrected chi connectivity index (χ2v) is 13.5. The summed E-state index contributed by atoms with van der Waals surface area (Å²) in [7, 11) is 0. The average molecular weight is 635 g/mol. The molecule has 10 rings (SSSR count). The summed E-state index contributed by atoms with van der Waals surface area (Å²) in [4.78, 5) is 2.43. The standard InChI is InChI=1S/C45H31FN2O/c1-45(2)36-15-6-3-11-31(36)33-14-9-18-40(44(33)45)48(39-17-10-20-42-43(39)34-13-5-8-19-41(34)49-42)30-25-26-38-35(27-30)32-12-4-7-16-37(32)47(38)29-23-21-28(46)22-24-29/h3-27H,1-2H3. The zero-order valence-electron chi connectivity index (χ0n) is 27.1. The third-order valence-corrected chi connectivity index (χ3v) is 10.4. The third kappa shape index (κ3) is 3.95. The van der Waals surface area contributed by atoms with E-state index in [1.54, 1.807) is 0 Å². The van der Waals surface area contributed by atoms with Crippen molar-refractivity contribution in [2.45, 2.75) is 19.3 Å². The Kier molecular flexibility index (Phi) is 5.81. The molecule has 9 aromatic rings. The van der Waals surface area contributed by atoms with Crippen LogP contribution in [0.5, 0.6) is 0 Å². The normalized spacial score (nSPS) is 13.4. The van der Waals surface area contributed by atoms with Crippen molar-refractivity contribution in [2.24, 2.45) is 0 Å². The first-order valence-electron chi connectivity index (χ1n) is 16.7. The van der Waals surface area contributed by atoms with Gasteiger partial charge in [-0.2, -0.15) is 0 Å². The minimum Gasteiger partial charge on any atom is -0.456 e. The fourth-order valence-corrected chi connectivity index (χ4v) is 8.32. The van der Waals surface area contributed by atoms with Crippen LogP contribution in [-0.4, -0.2) is 4.57 Å². The first kappa shape index (κ1) is 27.9. The molecule has 234 valence electrons. The van der Waals surface area contributed by atoms with Gasteiger partial charge >= 0.3 is 0 Å². The van der Waals surface area contributed by atoms with Gasteiger partial charge in [0, 0.05) is 32.9 Å². The number of benzene rings is 7. The van der Waals surface area contributed by atoms with Crippen LogP contribution in [0.1, 0.15) is 25.0 Å². The van der Waals surface area contributed by atoms with Crippen LogP contribution in [0.25, 0.3) is 60.6 Å². The maximum absolute atomic E-state index is 14.0. The number of nitrogens with zero attached hydrogens (tertiary/aromatic N) is 2. The maximum atomic E-state index is 14.0. The highest BCUT2D eigenvalue weighted by Gasteiger charge is 2.39. The van der Waals surface area contributed by atoms with Gasteiger partial charge in [-0.15, -0.1) is 0 Å². The lowest BCUT2D eigenvalue weighted by Crippen LogP contribution is -2.20. The van der Waals surface area contributed by atoms with Gasteiger partial charge in [0.1, 0.15) is 17.0 Å². The molecular formula is C45H31FN2O. The second-order valence-electron chi connectivity index (χ2n) is 13.5. The van der Waals surface area contributed by atoms with Gasteiger partial charge in [-0.05, 0) is 95.1 Å². The molecule has 0 saturated carbocycles. The number of halogens is 1. The minimum atomic E-state index is -0.246. The molecule has 1 aliphatic rings. The van der Waals surface area contributed by atoms with Crippen molar-refractivity contribution < 1.29 is 8.81 Å². The Hall–Kier alpha value is -6.13. The summed E-state index contributed by atoms with van der Waals surface area (Å²) < 4.78 is 22.7. The largest absolute Gasteiger partial charge is 0.456 e. The van der Waals surface area contributed by atoms with Crippen molar-refractivity contribution in [1.82, 2.24) is 4.57 Å².